The van der Waals surface area contributed by atoms with Crippen molar-refractivity contribution >= 4 is 27.5 Å². The maximum absolute atomic E-state index is 13.7. The molecule has 0 spiro atoms. The van der Waals surface area contributed by atoms with Crippen molar-refractivity contribution in [3.8, 4) is 11.3 Å². The van der Waals surface area contributed by atoms with Crippen molar-refractivity contribution in [3.05, 3.63) is 85.1 Å². The second-order valence-electron chi connectivity index (χ2n) is 10.2. The lowest BCUT2D eigenvalue weighted by Gasteiger charge is -2.40. The number of nitrogens with one attached hydrogen (secondary N) is 2. The van der Waals surface area contributed by atoms with Gasteiger partial charge in [-0.25, -0.2) is 8.42 Å². The number of furan rings is 1. The van der Waals surface area contributed by atoms with Crippen molar-refractivity contribution in [2.75, 3.05) is 5.32 Å². The molecule has 1 saturated heterocycles. The molecule has 1 aliphatic heterocycles. The van der Waals surface area contributed by atoms with Gasteiger partial charge < -0.3 is 15.1 Å². The average Bonchev–Trinajstić information content (AvgIpc) is 3.40. The second kappa shape index (κ2) is 9.64. The molecule has 2 amide bonds. The van der Waals surface area contributed by atoms with E-state index in [1.54, 1.807) is 38.1 Å². The molecular weight excluding hydrogens is 490 g/mol. The van der Waals surface area contributed by atoms with Crippen LogP contribution >= 0.6 is 0 Å². The summed E-state index contributed by atoms with van der Waals surface area (Å²) in [7, 11) is -3.93. The molecule has 194 valence electrons. The first-order chi connectivity index (χ1) is 17.4. The Labute approximate surface area is 217 Å². The van der Waals surface area contributed by atoms with Crippen molar-refractivity contribution in [1.82, 2.24) is 9.62 Å². The molecule has 4 rings (SSSR count). The van der Waals surface area contributed by atoms with Crippen molar-refractivity contribution < 1.29 is 22.4 Å². The predicted molar refractivity (Wildman–Crippen MR) is 142 cm³/mol. The summed E-state index contributed by atoms with van der Waals surface area (Å²) in [6, 6.07) is 18.4. The van der Waals surface area contributed by atoms with Gasteiger partial charge in [-0.05, 0) is 76.6 Å². The summed E-state index contributed by atoms with van der Waals surface area (Å²) < 4.78 is 34.7. The van der Waals surface area contributed by atoms with Crippen LogP contribution in [0.15, 0.2) is 88.7 Å². The van der Waals surface area contributed by atoms with E-state index in [2.05, 4.69) is 17.2 Å². The number of hydrogen-bond donors (Lipinski definition) is 2. The molecular formula is C28H31N3O5S. The molecule has 8 nitrogen and oxygen atoms in total. The molecule has 0 saturated carbocycles. The van der Waals surface area contributed by atoms with Gasteiger partial charge in [0, 0.05) is 22.8 Å². The molecule has 1 unspecified atom stereocenters. The summed E-state index contributed by atoms with van der Waals surface area (Å²) in [5, 5.41) is 5.61. The fourth-order valence-corrected chi connectivity index (χ4v) is 7.24. The number of hydrogen-bond acceptors (Lipinski definition) is 5. The van der Waals surface area contributed by atoms with Gasteiger partial charge in [0.25, 0.3) is 5.91 Å². The van der Waals surface area contributed by atoms with Crippen LogP contribution in [0.3, 0.4) is 0 Å². The summed E-state index contributed by atoms with van der Waals surface area (Å²) in [6.45, 7) is 10.8. The largest absolute Gasteiger partial charge is 0.451 e. The van der Waals surface area contributed by atoms with Crippen molar-refractivity contribution in [3.63, 3.8) is 0 Å². The van der Waals surface area contributed by atoms with Crippen LogP contribution < -0.4 is 10.6 Å². The molecule has 9 heteroatoms. The van der Waals surface area contributed by atoms with Crippen LogP contribution in [0.25, 0.3) is 11.3 Å². The highest BCUT2D eigenvalue weighted by Crippen LogP contribution is 2.44. The van der Waals surface area contributed by atoms with Crippen LogP contribution in [0, 0.1) is 0 Å². The lowest BCUT2D eigenvalue weighted by Crippen LogP contribution is -2.56. The molecule has 1 aromatic heterocycles. The quantitative estimate of drug-likeness (QED) is 0.433. The number of benzene rings is 2. The normalized spacial score (nSPS) is 18.8. The van der Waals surface area contributed by atoms with E-state index >= 15 is 0 Å². The lowest BCUT2D eigenvalue weighted by molar-refractivity contribution is -0.117. The SMILES string of the molecule is C=CC(=O)NC1CC(C)(C)N(S(=O)(=O)c2ccc(NC(=O)c3ccc(-c4ccccc4)o3)cc2)C1(C)C. The minimum absolute atomic E-state index is 0.0895. The first kappa shape index (κ1) is 26.4. The Balaban J connectivity index is 1.52. The molecule has 1 fully saturated rings. The number of sulfonamides is 1. The van der Waals surface area contributed by atoms with E-state index in [9.17, 15) is 18.0 Å². The lowest BCUT2D eigenvalue weighted by atomic mass is 9.94. The van der Waals surface area contributed by atoms with Gasteiger partial charge in [-0.15, -0.1) is 0 Å². The Bertz CT molecular complexity index is 1420. The van der Waals surface area contributed by atoms with Crippen LogP contribution in [-0.2, 0) is 14.8 Å². The Morgan fingerprint density at radius 3 is 2.27 bits per heavy atom. The number of carbonyl (C=O) groups is 2. The van der Waals surface area contributed by atoms with Crippen LogP contribution in [0.4, 0.5) is 5.69 Å². The fraction of sp³-hybridized carbons (Fsp3) is 0.286. The van der Waals surface area contributed by atoms with E-state index < -0.39 is 33.1 Å². The number of anilines is 1. The number of rotatable bonds is 7. The van der Waals surface area contributed by atoms with Crippen molar-refractivity contribution in [2.45, 2.75) is 56.1 Å². The average molecular weight is 522 g/mol. The van der Waals surface area contributed by atoms with E-state index in [0.717, 1.165) is 5.56 Å². The summed E-state index contributed by atoms with van der Waals surface area (Å²) in [6.07, 6.45) is 1.62. The number of amides is 2. The van der Waals surface area contributed by atoms with E-state index in [1.165, 1.54) is 22.5 Å². The van der Waals surface area contributed by atoms with Gasteiger partial charge in [0.15, 0.2) is 5.76 Å². The van der Waals surface area contributed by atoms with Crippen molar-refractivity contribution in [2.24, 2.45) is 0 Å². The first-order valence-corrected chi connectivity index (χ1v) is 13.4. The zero-order valence-electron chi connectivity index (χ0n) is 21.3. The smallest absolute Gasteiger partial charge is 0.291 e. The van der Waals surface area contributed by atoms with Gasteiger partial charge in [-0.3, -0.25) is 9.59 Å². The second-order valence-corrected chi connectivity index (χ2v) is 12.0. The third-order valence-corrected chi connectivity index (χ3v) is 8.98. The molecule has 2 N–H and O–H groups in total. The zero-order chi connectivity index (χ0) is 27.0. The highest BCUT2D eigenvalue weighted by atomic mass is 32.2. The highest BCUT2D eigenvalue weighted by molar-refractivity contribution is 7.89. The molecule has 3 aromatic rings. The summed E-state index contributed by atoms with van der Waals surface area (Å²) in [4.78, 5) is 24.7. The molecule has 0 radical (unpaired) electrons. The minimum atomic E-state index is -3.93. The summed E-state index contributed by atoms with van der Waals surface area (Å²) >= 11 is 0. The van der Waals surface area contributed by atoms with Crippen LogP contribution in [-0.4, -0.2) is 41.7 Å². The van der Waals surface area contributed by atoms with Gasteiger partial charge in [-0.2, -0.15) is 4.31 Å². The Morgan fingerprint density at radius 1 is 1.00 bits per heavy atom. The van der Waals surface area contributed by atoms with E-state index in [0.29, 0.717) is 17.9 Å². The Hall–Kier alpha value is -3.69. The first-order valence-electron chi connectivity index (χ1n) is 11.9. The third kappa shape index (κ3) is 5.10. The third-order valence-electron chi connectivity index (χ3n) is 6.67. The van der Waals surface area contributed by atoms with Gasteiger partial charge in [0.2, 0.25) is 15.9 Å². The van der Waals surface area contributed by atoms with Gasteiger partial charge >= 0.3 is 0 Å². The van der Waals surface area contributed by atoms with E-state index in [4.69, 9.17) is 4.42 Å². The van der Waals surface area contributed by atoms with Crippen LogP contribution in [0.5, 0.6) is 0 Å². The molecule has 2 aromatic carbocycles. The Kier molecular flexibility index (Phi) is 6.87. The van der Waals surface area contributed by atoms with E-state index in [1.807, 2.05) is 44.2 Å². The number of nitrogens with zero attached hydrogens (tertiary/aromatic N) is 1. The zero-order valence-corrected chi connectivity index (χ0v) is 22.1. The fourth-order valence-electron chi connectivity index (χ4n) is 5.07. The molecule has 1 aliphatic rings. The minimum Gasteiger partial charge on any atom is -0.451 e. The maximum Gasteiger partial charge on any atom is 0.291 e. The van der Waals surface area contributed by atoms with Gasteiger partial charge in [0.05, 0.1) is 10.4 Å². The van der Waals surface area contributed by atoms with Gasteiger partial charge in [-0.1, -0.05) is 36.9 Å². The van der Waals surface area contributed by atoms with E-state index in [-0.39, 0.29) is 16.6 Å². The molecule has 37 heavy (non-hydrogen) atoms. The summed E-state index contributed by atoms with van der Waals surface area (Å²) in [5.41, 5.74) is -0.346. The molecule has 0 aliphatic carbocycles. The predicted octanol–water partition coefficient (Wildman–Crippen LogP) is 4.82. The highest BCUT2D eigenvalue weighted by Gasteiger charge is 2.57. The molecule has 2 heterocycles. The maximum atomic E-state index is 13.7. The Morgan fingerprint density at radius 2 is 1.65 bits per heavy atom. The monoisotopic (exact) mass is 521 g/mol. The topological polar surface area (TPSA) is 109 Å². The molecule has 0 bridgehead atoms. The van der Waals surface area contributed by atoms with Crippen molar-refractivity contribution in [1.29, 1.82) is 0 Å². The molecule has 1 atom stereocenters. The number of carbonyl (C=O) groups excluding carboxylic acids is 2. The van der Waals surface area contributed by atoms with Gasteiger partial charge in [0.1, 0.15) is 5.76 Å². The van der Waals surface area contributed by atoms with Crippen LogP contribution in [0.2, 0.25) is 0 Å². The summed E-state index contributed by atoms with van der Waals surface area (Å²) in [5.74, 6) is -0.0737. The standard InChI is InChI=1S/C28H31N3O5S/c1-6-25(32)30-24-18-27(2,3)31(28(24,4)5)37(34,35)21-14-12-20(13-15-21)29-26(33)23-17-16-22(36-23)19-10-8-7-9-11-19/h6-17,24H,1,18H2,2-5H3,(H,29,33)(H,30,32). The van der Waals surface area contributed by atoms with Crippen LogP contribution in [0.1, 0.15) is 44.7 Å².